The van der Waals surface area contributed by atoms with Crippen LogP contribution in [0.3, 0.4) is 0 Å². The van der Waals surface area contributed by atoms with Gasteiger partial charge in [0.1, 0.15) is 0 Å². The van der Waals surface area contributed by atoms with Gasteiger partial charge in [-0.25, -0.2) is 0 Å². The van der Waals surface area contributed by atoms with Crippen molar-refractivity contribution in [1.29, 1.82) is 0 Å². The van der Waals surface area contributed by atoms with Gasteiger partial charge in [-0.1, -0.05) is 36.4 Å². The van der Waals surface area contributed by atoms with Crippen molar-refractivity contribution in [2.24, 2.45) is 0 Å². The molecule has 2 aromatic carbocycles. The van der Waals surface area contributed by atoms with Gasteiger partial charge in [-0.3, -0.25) is 9.78 Å². The maximum Gasteiger partial charge on any atom is 0.228 e. The zero-order valence-electron chi connectivity index (χ0n) is 13.6. The third kappa shape index (κ3) is 3.16. The predicted octanol–water partition coefficient (Wildman–Crippen LogP) is 4.29. The van der Waals surface area contributed by atoms with Crippen LogP contribution >= 0.6 is 0 Å². The van der Waals surface area contributed by atoms with Gasteiger partial charge in [0.15, 0.2) is 0 Å². The first kappa shape index (κ1) is 14.9. The van der Waals surface area contributed by atoms with Gasteiger partial charge in [0.2, 0.25) is 5.91 Å². The fraction of sp³-hybridized carbons (Fsp3) is 0.238. The van der Waals surface area contributed by atoms with Crippen LogP contribution in [0.5, 0.6) is 0 Å². The number of carbonyl (C=O) groups is 1. The second-order valence-electron chi connectivity index (χ2n) is 6.45. The van der Waals surface area contributed by atoms with E-state index in [1.54, 1.807) is 6.20 Å². The lowest BCUT2D eigenvalue weighted by atomic mass is 9.90. The van der Waals surface area contributed by atoms with Crippen molar-refractivity contribution in [2.45, 2.75) is 32.1 Å². The van der Waals surface area contributed by atoms with Gasteiger partial charge in [0.25, 0.3) is 0 Å². The van der Waals surface area contributed by atoms with Crippen molar-refractivity contribution in [3.63, 3.8) is 0 Å². The van der Waals surface area contributed by atoms with Gasteiger partial charge >= 0.3 is 0 Å². The zero-order chi connectivity index (χ0) is 16.4. The summed E-state index contributed by atoms with van der Waals surface area (Å²) in [5.74, 6) is 0.00263. The van der Waals surface area contributed by atoms with Gasteiger partial charge in [-0.15, -0.1) is 0 Å². The van der Waals surface area contributed by atoms with Crippen LogP contribution in [-0.4, -0.2) is 10.9 Å². The number of aromatic nitrogens is 1. The molecule has 0 fully saturated rings. The highest BCUT2D eigenvalue weighted by molar-refractivity contribution is 5.94. The molecule has 0 radical (unpaired) electrons. The molecule has 24 heavy (non-hydrogen) atoms. The van der Waals surface area contributed by atoms with E-state index >= 15 is 0 Å². The lowest BCUT2D eigenvalue weighted by Gasteiger charge is -2.16. The molecule has 0 bridgehead atoms. The highest BCUT2D eigenvalue weighted by Gasteiger charge is 2.11. The van der Waals surface area contributed by atoms with Crippen LogP contribution in [-0.2, 0) is 24.1 Å². The summed E-state index contributed by atoms with van der Waals surface area (Å²) < 4.78 is 0. The Morgan fingerprint density at radius 2 is 1.83 bits per heavy atom. The van der Waals surface area contributed by atoms with Crippen LogP contribution in [0.2, 0.25) is 0 Å². The lowest BCUT2D eigenvalue weighted by Crippen LogP contribution is -2.15. The second-order valence-corrected chi connectivity index (χ2v) is 6.45. The normalized spacial score (nSPS) is 13.5. The SMILES string of the molecule is O=C(Cc1ccc2c(c1)CCCC2)Nc1cnc2ccccc2c1. The summed E-state index contributed by atoms with van der Waals surface area (Å²) in [6.07, 6.45) is 6.96. The van der Waals surface area contributed by atoms with Gasteiger partial charge in [-0.05, 0) is 54.5 Å². The van der Waals surface area contributed by atoms with E-state index in [1.807, 2.05) is 30.3 Å². The highest BCUT2D eigenvalue weighted by atomic mass is 16.1. The molecule has 1 amide bonds. The molecule has 0 spiro atoms. The molecule has 0 unspecified atom stereocenters. The zero-order valence-corrected chi connectivity index (χ0v) is 13.6. The lowest BCUT2D eigenvalue weighted by molar-refractivity contribution is -0.115. The minimum atomic E-state index is 0.00263. The third-order valence-electron chi connectivity index (χ3n) is 4.65. The van der Waals surface area contributed by atoms with E-state index in [2.05, 4.69) is 28.5 Å². The van der Waals surface area contributed by atoms with E-state index < -0.39 is 0 Å². The van der Waals surface area contributed by atoms with E-state index in [9.17, 15) is 4.79 Å². The Morgan fingerprint density at radius 3 is 2.75 bits per heavy atom. The summed E-state index contributed by atoms with van der Waals surface area (Å²) in [5, 5.41) is 3.99. The number of nitrogens with zero attached hydrogens (tertiary/aromatic N) is 1. The van der Waals surface area contributed by atoms with Crippen molar-refractivity contribution in [3.05, 3.63) is 71.4 Å². The fourth-order valence-corrected chi connectivity index (χ4v) is 3.43. The largest absolute Gasteiger partial charge is 0.324 e. The summed E-state index contributed by atoms with van der Waals surface area (Å²) in [6, 6.07) is 16.3. The minimum Gasteiger partial charge on any atom is -0.324 e. The molecule has 0 saturated heterocycles. The van der Waals surface area contributed by atoms with E-state index in [0.29, 0.717) is 6.42 Å². The van der Waals surface area contributed by atoms with Crippen molar-refractivity contribution in [3.8, 4) is 0 Å². The van der Waals surface area contributed by atoms with E-state index in [-0.39, 0.29) is 5.91 Å². The number of nitrogens with one attached hydrogen (secondary N) is 1. The fourth-order valence-electron chi connectivity index (χ4n) is 3.43. The molecule has 120 valence electrons. The average Bonchev–Trinajstić information content (AvgIpc) is 2.61. The minimum absolute atomic E-state index is 0.00263. The smallest absolute Gasteiger partial charge is 0.228 e. The van der Waals surface area contributed by atoms with Crippen molar-refractivity contribution in [1.82, 2.24) is 4.98 Å². The molecule has 3 aromatic rings. The van der Waals surface area contributed by atoms with Crippen LogP contribution in [0, 0.1) is 0 Å². The average molecular weight is 316 g/mol. The number of rotatable bonds is 3. The molecule has 0 saturated carbocycles. The van der Waals surface area contributed by atoms with Crippen LogP contribution in [0.25, 0.3) is 10.9 Å². The third-order valence-corrected chi connectivity index (χ3v) is 4.65. The Hall–Kier alpha value is -2.68. The Bertz CT molecular complexity index is 901. The number of benzene rings is 2. The maximum absolute atomic E-state index is 12.3. The van der Waals surface area contributed by atoms with Crippen molar-refractivity contribution >= 4 is 22.5 Å². The number of carbonyl (C=O) groups excluding carboxylic acids is 1. The molecule has 1 N–H and O–H groups in total. The number of pyridine rings is 1. The number of aryl methyl sites for hydroxylation is 2. The highest BCUT2D eigenvalue weighted by Crippen LogP contribution is 2.23. The van der Waals surface area contributed by atoms with Crippen LogP contribution < -0.4 is 5.32 Å². The summed E-state index contributed by atoms with van der Waals surface area (Å²) in [6.45, 7) is 0. The first-order chi connectivity index (χ1) is 11.8. The van der Waals surface area contributed by atoms with Gasteiger partial charge < -0.3 is 5.32 Å². The van der Waals surface area contributed by atoms with Crippen molar-refractivity contribution < 1.29 is 4.79 Å². The number of anilines is 1. The van der Waals surface area contributed by atoms with Crippen LogP contribution in [0.1, 0.15) is 29.5 Å². The predicted molar refractivity (Wildman–Crippen MR) is 97.2 cm³/mol. The number of hydrogen-bond acceptors (Lipinski definition) is 2. The molecule has 4 rings (SSSR count). The summed E-state index contributed by atoms with van der Waals surface area (Å²) in [7, 11) is 0. The summed E-state index contributed by atoms with van der Waals surface area (Å²) >= 11 is 0. The summed E-state index contributed by atoms with van der Waals surface area (Å²) in [4.78, 5) is 16.7. The molecule has 3 heteroatoms. The monoisotopic (exact) mass is 316 g/mol. The first-order valence-corrected chi connectivity index (χ1v) is 8.53. The number of hydrogen-bond donors (Lipinski definition) is 1. The Morgan fingerprint density at radius 1 is 1.00 bits per heavy atom. The standard InChI is InChI=1S/C21H20N2O/c24-21(12-15-9-10-16-5-1-2-6-17(16)11-15)23-19-13-18-7-3-4-8-20(18)22-14-19/h3-4,7-11,13-14H,1-2,5-6,12H2,(H,23,24). The molecule has 1 aliphatic rings. The Labute approximate surface area is 141 Å². The number of para-hydroxylation sites is 1. The Kier molecular flexibility index (Phi) is 3.99. The van der Waals surface area contributed by atoms with Crippen LogP contribution in [0.15, 0.2) is 54.7 Å². The molecule has 1 heterocycles. The molecule has 0 atom stereocenters. The number of fused-ring (bicyclic) bond motifs is 2. The van der Waals surface area contributed by atoms with Crippen LogP contribution in [0.4, 0.5) is 5.69 Å². The van der Waals surface area contributed by atoms with E-state index in [1.165, 1.54) is 30.4 Å². The van der Waals surface area contributed by atoms with Gasteiger partial charge in [0, 0.05) is 5.39 Å². The molecular formula is C21H20N2O. The summed E-state index contributed by atoms with van der Waals surface area (Å²) in [5.41, 5.74) is 5.63. The maximum atomic E-state index is 12.3. The van der Waals surface area contributed by atoms with Crippen molar-refractivity contribution in [2.75, 3.05) is 5.32 Å². The molecule has 3 nitrogen and oxygen atoms in total. The molecule has 1 aliphatic carbocycles. The van der Waals surface area contributed by atoms with E-state index in [4.69, 9.17) is 0 Å². The topological polar surface area (TPSA) is 42.0 Å². The first-order valence-electron chi connectivity index (χ1n) is 8.53. The molecular weight excluding hydrogens is 296 g/mol. The second kappa shape index (κ2) is 6.44. The number of amides is 1. The van der Waals surface area contributed by atoms with Gasteiger partial charge in [-0.2, -0.15) is 0 Å². The molecule has 1 aromatic heterocycles. The van der Waals surface area contributed by atoms with Gasteiger partial charge in [0.05, 0.1) is 23.8 Å². The quantitative estimate of drug-likeness (QED) is 0.783. The van der Waals surface area contributed by atoms with E-state index in [0.717, 1.165) is 28.6 Å². The molecule has 0 aliphatic heterocycles. The Balaban J connectivity index is 1.47.